The van der Waals surface area contributed by atoms with Crippen LogP contribution >= 0.6 is 11.8 Å². The predicted octanol–water partition coefficient (Wildman–Crippen LogP) is 4.80. The van der Waals surface area contributed by atoms with Crippen molar-refractivity contribution in [3.8, 4) is 11.5 Å². The van der Waals surface area contributed by atoms with Crippen LogP contribution in [0.5, 0.6) is 11.5 Å². The molecule has 4 rings (SSSR count). The molecule has 0 saturated carbocycles. The molecule has 1 aliphatic heterocycles. The molecule has 7 heteroatoms. The van der Waals surface area contributed by atoms with Gasteiger partial charge in [0.15, 0.2) is 11.5 Å². The number of aryl methyl sites for hydroxylation is 2. The second-order valence-electron chi connectivity index (χ2n) is 6.90. The Labute approximate surface area is 173 Å². The SMILES string of the molecule is Cc1noc(C)c1CSc1ccccc1C(=O)NC(C)c1ccc2c(c1)OCO2. The molecule has 2 heterocycles. The highest BCUT2D eigenvalue weighted by Crippen LogP contribution is 2.34. The maximum atomic E-state index is 13.0. The van der Waals surface area contributed by atoms with Gasteiger partial charge in [0, 0.05) is 16.2 Å². The number of fused-ring (bicyclic) bond motifs is 1. The van der Waals surface area contributed by atoms with Gasteiger partial charge >= 0.3 is 0 Å². The predicted molar refractivity (Wildman–Crippen MR) is 110 cm³/mol. The Kier molecular flexibility index (Phi) is 5.49. The van der Waals surface area contributed by atoms with E-state index in [1.54, 1.807) is 11.8 Å². The fourth-order valence-corrected chi connectivity index (χ4v) is 4.38. The fraction of sp³-hybridized carbons (Fsp3) is 0.273. The molecule has 0 aliphatic carbocycles. The monoisotopic (exact) mass is 410 g/mol. The number of aromatic nitrogens is 1. The van der Waals surface area contributed by atoms with Crippen molar-refractivity contribution in [2.24, 2.45) is 0 Å². The Morgan fingerprint density at radius 3 is 2.76 bits per heavy atom. The first-order chi connectivity index (χ1) is 14.0. The second kappa shape index (κ2) is 8.21. The number of nitrogens with one attached hydrogen (secondary N) is 1. The Morgan fingerprint density at radius 2 is 1.97 bits per heavy atom. The number of carbonyl (C=O) groups is 1. The van der Waals surface area contributed by atoms with Crippen LogP contribution in [0.3, 0.4) is 0 Å². The maximum absolute atomic E-state index is 13.0. The van der Waals surface area contributed by atoms with Crippen LogP contribution in [0.4, 0.5) is 0 Å². The van der Waals surface area contributed by atoms with Crippen LogP contribution in [0.1, 0.15) is 45.9 Å². The van der Waals surface area contributed by atoms with Gasteiger partial charge in [0.2, 0.25) is 6.79 Å². The smallest absolute Gasteiger partial charge is 0.252 e. The lowest BCUT2D eigenvalue weighted by atomic mass is 10.1. The molecular weight excluding hydrogens is 388 g/mol. The van der Waals surface area contributed by atoms with Crippen molar-refractivity contribution >= 4 is 17.7 Å². The topological polar surface area (TPSA) is 73.6 Å². The molecule has 1 atom stereocenters. The second-order valence-corrected chi connectivity index (χ2v) is 7.91. The molecule has 29 heavy (non-hydrogen) atoms. The van der Waals surface area contributed by atoms with Crippen LogP contribution in [-0.2, 0) is 5.75 Å². The molecule has 3 aromatic rings. The van der Waals surface area contributed by atoms with Gasteiger partial charge in [-0.25, -0.2) is 0 Å². The first-order valence-corrected chi connectivity index (χ1v) is 10.4. The summed E-state index contributed by atoms with van der Waals surface area (Å²) in [7, 11) is 0. The summed E-state index contributed by atoms with van der Waals surface area (Å²) in [6, 6.07) is 13.2. The Hall–Kier alpha value is -2.93. The molecule has 1 unspecified atom stereocenters. The normalized spacial score (nSPS) is 13.3. The summed E-state index contributed by atoms with van der Waals surface area (Å²) in [6.45, 7) is 6.02. The molecule has 0 radical (unpaired) electrons. The number of hydrogen-bond donors (Lipinski definition) is 1. The van der Waals surface area contributed by atoms with Crippen molar-refractivity contribution in [1.29, 1.82) is 0 Å². The Balaban J connectivity index is 1.47. The number of nitrogens with zero attached hydrogens (tertiary/aromatic N) is 1. The third-order valence-corrected chi connectivity index (χ3v) is 6.03. The number of rotatable bonds is 6. The average Bonchev–Trinajstić information content (AvgIpc) is 3.32. The van der Waals surface area contributed by atoms with Crippen molar-refractivity contribution in [2.75, 3.05) is 6.79 Å². The van der Waals surface area contributed by atoms with Crippen molar-refractivity contribution in [1.82, 2.24) is 10.5 Å². The molecule has 6 nitrogen and oxygen atoms in total. The number of amides is 1. The summed E-state index contributed by atoms with van der Waals surface area (Å²) in [5, 5.41) is 7.08. The van der Waals surface area contributed by atoms with Gasteiger partial charge < -0.3 is 19.3 Å². The molecule has 0 fully saturated rings. The minimum absolute atomic E-state index is 0.114. The summed E-state index contributed by atoms with van der Waals surface area (Å²) in [5.74, 6) is 2.83. The van der Waals surface area contributed by atoms with E-state index in [-0.39, 0.29) is 18.7 Å². The van der Waals surface area contributed by atoms with Gasteiger partial charge in [0.05, 0.1) is 17.3 Å². The highest BCUT2D eigenvalue weighted by molar-refractivity contribution is 7.98. The number of thioether (sulfide) groups is 1. The largest absolute Gasteiger partial charge is 0.454 e. The van der Waals surface area contributed by atoms with Gasteiger partial charge in [-0.1, -0.05) is 23.4 Å². The molecule has 1 aliphatic rings. The van der Waals surface area contributed by atoms with Gasteiger partial charge in [-0.15, -0.1) is 11.8 Å². The van der Waals surface area contributed by atoms with E-state index in [1.165, 1.54) is 0 Å². The lowest BCUT2D eigenvalue weighted by Gasteiger charge is -2.16. The number of hydrogen-bond acceptors (Lipinski definition) is 6. The van der Waals surface area contributed by atoms with E-state index in [0.717, 1.165) is 33.2 Å². The Morgan fingerprint density at radius 1 is 1.17 bits per heavy atom. The van der Waals surface area contributed by atoms with Gasteiger partial charge in [0.25, 0.3) is 5.91 Å². The van der Waals surface area contributed by atoms with Crippen molar-refractivity contribution < 1.29 is 18.8 Å². The average molecular weight is 410 g/mol. The Bertz CT molecular complexity index is 1030. The van der Waals surface area contributed by atoms with Crippen LogP contribution in [0.2, 0.25) is 0 Å². The first-order valence-electron chi connectivity index (χ1n) is 9.37. The van der Waals surface area contributed by atoms with E-state index >= 15 is 0 Å². The number of ether oxygens (including phenoxy) is 2. The fourth-order valence-electron chi connectivity index (χ4n) is 3.18. The highest BCUT2D eigenvalue weighted by Gasteiger charge is 2.19. The lowest BCUT2D eigenvalue weighted by molar-refractivity contribution is 0.0937. The molecule has 150 valence electrons. The molecule has 1 N–H and O–H groups in total. The van der Waals surface area contributed by atoms with Crippen molar-refractivity contribution in [3.05, 3.63) is 70.6 Å². The van der Waals surface area contributed by atoms with E-state index in [1.807, 2.05) is 63.2 Å². The van der Waals surface area contributed by atoms with E-state index in [0.29, 0.717) is 17.1 Å². The van der Waals surface area contributed by atoms with Crippen LogP contribution < -0.4 is 14.8 Å². The maximum Gasteiger partial charge on any atom is 0.252 e. The summed E-state index contributed by atoms with van der Waals surface area (Å²) in [6.07, 6.45) is 0. The van der Waals surface area contributed by atoms with E-state index in [9.17, 15) is 4.79 Å². The van der Waals surface area contributed by atoms with Crippen molar-refractivity contribution in [2.45, 2.75) is 37.5 Å². The zero-order valence-corrected chi connectivity index (χ0v) is 17.3. The molecule has 0 bridgehead atoms. The van der Waals surface area contributed by atoms with Gasteiger partial charge in [-0.3, -0.25) is 4.79 Å². The summed E-state index contributed by atoms with van der Waals surface area (Å²) < 4.78 is 16.0. The molecule has 1 aromatic heterocycles. The quantitative estimate of drug-likeness (QED) is 0.588. The third kappa shape index (κ3) is 4.10. The van der Waals surface area contributed by atoms with E-state index < -0.39 is 0 Å². The number of benzene rings is 2. The standard InChI is InChI=1S/C22H22N2O4S/c1-13(16-8-9-19-20(10-16)27-12-26-19)23-22(25)17-6-4-5-7-21(17)29-11-18-14(2)24-28-15(18)3/h4-10,13H,11-12H2,1-3H3,(H,23,25). The summed E-state index contributed by atoms with van der Waals surface area (Å²) >= 11 is 1.60. The van der Waals surface area contributed by atoms with Gasteiger partial charge in [0.1, 0.15) is 5.76 Å². The van der Waals surface area contributed by atoms with Crippen LogP contribution in [0.25, 0.3) is 0 Å². The molecular formula is C22H22N2O4S. The number of carbonyl (C=O) groups excluding carboxylic acids is 1. The van der Waals surface area contributed by atoms with Crippen LogP contribution in [-0.4, -0.2) is 17.9 Å². The zero-order chi connectivity index (χ0) is 20.4. The first kappa shape index (κ1) is 19.4. The molecule has 2 aromatic carbocycles. The molecule has 1 amide bonds. The van der Waals surface area contributed by atoms with Gasteiger partial charge in [-0.2, -0.15) is 0 Å². The highest BCUT2D eigenvalue weighted by atomic mass is 32.2. The van der Waals surface area contributed by atoms with Crippen LogP contribution in [0.15, 0.2) is 51.9 Å². The summed E-state index contributed by atoms with van der Waals surface area (Å²) in [4.78, 5) is 13.9. The third-order valence-electron chi connectivity index (χ3n) is 4.93. The lowest BCUT2D eigenvalue weighted by Crippen LogP contribution is -2.27. The minimum Gasteiger partial charge on any atom is -0.454 e. The van der Waals surface area contributed by atoms with E-state index in [4.69, 9.17) is 14.0 Å². The molecule has 0 saturated heterocycles. The van der Waals surface area contributed by atoms with Gasteiger partial charge in [-0.05, 0) is 50.6 Å². The van der Waals surface area contributed by atoms with Crippen LogP contribution in [0, 0.1) is 13.8 Å². The minimum atomic E-state index is -0.169. The zero-order valence-electron chi connectivity index (χ0n) is 16.5. The van der Waals surface area contributed by atoms with E-state index in [2.05, 4.69) is 10.5 Å². The van der Waals surface area contributed by atoms with Crippen molar-refractivity contribution in [3.63, 3.8) is 0 Å². The molecule has 0 spiro atoms. The summed E-state index contributed by atoms with van der Waals surface area (Å²) in [5.41, 5.74) is 3.56.